The molecule has 0 saturated carbocycles. The van der Waals surface area contributed by atoms with E-state index in [0.29, 0.717) is 31.1 Å². The zero-order chi connectivity index (χ0) is 19.9. The summed E-state index contributed by atoms with van der Waals surface area (Å²) in [4.78, 5) is 2.53. The fourth-order valence-electron chi connectivity index (χ4n) is 4.18. The normalized spacial score (nSPS) is 20.2. The molecule has 2 aliphatic rings. The predicted molar refractivity (Wildman–Crippen MR) is 111 cm³/mol. The molecule has 2 aromatic carbocycles. The third-order valence-corrected chi connectivity index (χ3v) is 7.77. The molecule has 1 aliphatic carbocycles. The second-order valence-electron chi connectivity index (χ2n) is 7.67. The highest BCUT2D eigenvalue weighted by Gasteiger charge is 2.31. The average Bonchev–Trinajstić information content (AvgIpc) is 3.12. The van der Waals surface area contributed by atoms with Crippen molar-refractivity contribution in [2.24, 2.45) is 0 Å². The molecule has 1 heterocycles. The van der Waals surface area contributed by atoms with Gasteiger partial charge in [-0.05, 0) is 55.2 Å². The molecule has 1 aliphatic heterocycles. The number of rotatable bonds is 4. The molecular weight excluding hydrogens is 372 g/mol. The number of hydrogen-bond acceptors (Lipinski definition) is 4. The largest absolute Gasteiger partial charge is 0.512 e. The summed E-state index contributed by atoms with van der Waals surface area (Å²) in [6, 6.07) is 13.6. The number of sulfonamides is 1. The van der Waals surface area contributed by atoms with Gasteiger partial charge in [-0.25, -0.2) is 8.42 Å². The van der Waals surface area contributed by atoms with E-state index in [1.807, 2.05) is 6.07 Å². The fraction of sp³-hybridized carbons (Fsp3) is 0.364. The van der Waals surface area contributed by atoms with Crippen molar-refractivity contribution in [3.05, 3.63) is 71.5 Å². The Morgan fingerprint density at radius 2 is 1.75 bits per heavy atom. The number of aliphatic hydroxyl groups is 1. The summed E-state index contributed by atoms with van der Waals surface area (Å²) in [6.45, 7) is 7.97. The predicted octanol–water partition coefficient (Wildman–Crippen LogP) is 3.61. The van der Waals surface area contributed by atoms with E-state index in [2.05, 4.69) is 42.7 Å². The van der Waals surface area contributed by atoms with Crippen LogP contribution >= 0.6 is 0 Å². The van der Waals surface area contributed by atoms with E-state index in [4.69, 9.17) is 0 Å². The Labute approximate surface area is 167 Å². The van der Waals surface area contributed by atoms with Crippen molar-refractivity contribution in [1.29, 1.82) is 0 Å². The number of allylic oxidation sites excluding steroid dienone is 1. The van der Waals surface area contributed by atoms with Gasteiger partial charge in [0.2, 0.25) is 10.0 Å². The van der Waals surface area contributed by atoms with Gasteiger partial charge in [-0.15, -0.1) is 0 Å². The lowest BCUT2D eigenvalue weighted by Gasteiger charge is -2.35. The third kappa shape index (κ3) is 3.42. The maximum Gasteiger partial charge on any atom is 0.243 e. The van der Waals surface area contributed by atoms with Crippen LogP contribution < -0.4 is 4.90 Å². The van der Waals surface area contributed by atoms with Crippen LogP contribution in [-0.4, -0.2) is 44.0 Å². The Morgan fingerprint density at radius 3 is 2.39 bits per heavy atom. The summed E-state index contributed by atoms with van der Waals surface area (Å²) in [5, 5.41) is 9.84. The summed E-state index contributed by atoms with van der Waals surface area (Å²) < 4.78 is 27.9. The highest BCUT2D eigenvalue weighted by atomic mass is 32.2. The van der Waals surface area contributed by atoms with E-state index in [9.17, 15) is 13.5 Å². The molecule has 1 fully saturated rings. The van der Waals surface area contributed by atoms with Crippen molar-refractivity contribution < 1.29 is 13.5 Å². The summed E-state index contributed by atoms with van der Waals surface area (Å²) in [5.74, 6) is -0.0523. The van der Waals surface area contributed by atoms with Crippen molar-refractivity contribution in [2.45, 2.75) is 30.6 Å². The first-order valence-electron chi connectivity index (χ1n) is 9.68. The van der Waals surface area contributed by atoms with Gasteiger partial charge in [-0.2, -0.15) is 4.31 Å². The molecular formula is C22H26N2O3S. The monoisotopic (exact) mass is 398 g/mol. The lowest BCUT2D eigenvalue weighted by Crippen LogP contribution is -2.48. The van der Waals surface area contributed by atoms with Crippen molar-refractivity contribution in [1.82, 2.24) is 4.31 Å². The van der Waals surface area contributed by atoms with Gasteiger partial charge in [0.15, 0.2) is 0 Å². The van der Waals surface area contributed by atoms with E-state index in [1.54, 1.807) is 16.4 Å². The van der Waals surface area contributed by atoms with E-state index in [-0.39, 0.29) is 11.7 Å². The summed E-state index contributed by atoms with van der Waals surface area (Å²) in [6.07, 6.45) is 1.62. The second kappa shape index (κ2) is 7.26. The van der Waals surface area contributed by atoms with Gasteiger partial charge in [-0.3, -0.25) is 0 Å². The minimum Gasteiger partial charge on any atom is -0.512 e. The first kappa shape index (κ1) is 19.0. The molecule has 1 unspecified atom stereocenters. The number of aliphatic hydroxyl groups excluding tert-OH is 1. The number of hydrogen-bond donors (Lipinski definition) is 1. The SMILES string of the molecule is C=C(O)C1CCc2ccc(S(=O)(=O)N3CCN(c4ccc(C)cc4)CC3)cc21. The highest BCUT2D eigenvalue weighted by molar-refractivity contribution is 7.89. The van der Waals surface area contributed by atoms with E-state index in [0.717, 1.165) is 29.7 Å². The van der Waals surface area contributed by atoms with E-state index in [1.165, 1.54) is 5.56 Å². The van der Waals surface area contributed by atoms with Crippen molar-refractivity contribution >= 4 is 15.7 Å². The van der Waals surface area contributed by atoms with Crippen LogP contribution in [-0.2, 0) is 16.4 Å². The maximum absolute atomic E-state index is 13.2. The molecule has 1 N–H and O–H groups in total. The highest BCUT2D eigenvalue weighted by Crippen LogP contribution is 2.38. The van der Waals surface area contributed by atoms with Gasteiger partial charge in [-0.1, -0.05) is 30.3 Å². The van der Waals surface area contributed by atoms with Gasteiger partial charge in [0, 0.05) is 37.8 Å². The second-order valence-corrected chi connectivity index (χ2v) is 9.61. The molecule has 1 saturated heterocycles. The Kier molecular flexibility index (Phi) is 4.93. The van der Waals surface area contributed by atoms with Crippen LogP contribution in [0.2, 0.25) is 0 Å². The van der Waals surface area contributed by atoms with Crippen LogP contribution in [0.3, 0.4) is 0 Å². The lowest BCUT2D eigenvalue weighted by molar-refractivity contribution is 0.369. The third-order valence-electron chi connectivity index (χ3n) is 5.87. The molecule has 0 radical (unpaired) electrons. The van der Waals surface area contributed by atoms with Crippen molar-refractivity contribution in [3.8, 4) is 0 Å². The van der Waals surface area contributed by atoms with Crippen LogP contribution in [0.5, 0.6) is 0 Å². The quantitative estimate of drug-likeness (QED) is 0.800. The number of nitrogens with zero attached hydrogens (tertiary/aromatic N) is 2. The smallest absolute Gasteiger partial charge is 0.243 e. The molecule has 0 aromatic heterocycles. The van der Waals surface area contributed by atoms with Crippen LogP contribution in [0, 0.1) is 6.92 Å². The maximum atomic E-state index is 13.2. The first-order valence-corrected chi connectivity index (χ1v) is 11.1. The van der Waals surface area contributed by atoms with Crippen LogP contribution in [0.25, 0.3) is 0 Å². The molecule has 0 spiro atoms. The standard InChI is InChI=1S/C22H26N2O3S/c1-16-3-7-19(8-4-16)23-11-13-24(14-12-23)28(26,27)20-9-5-18-6-10-21(17(2)25)22(18)15-20/h3-5,7-9,15,21,25H,2,6,10-14H2,1H3. The summed E-state index contributed by atoms with van der Waals surface area (Å²) in [7, 11) is -3.55. The lowest BCUT2D eigenvalue weighted by atomic mass is 10.0. The van der Waals surface area contributed by atoms with Crippen molar-refractivity contribution in [2.75, 3.05) is 31.1 Å². The number of aryl methyl sites for hydroxylation is 2. The summed E-state index contributed by atoms with van der Waals surface area (Å²) >= 11 is 0. The zero-order valence-corrected chi connectivity index (χ0v) is 17.0. The molecule has 0 amide bonds. The number of piperazine rings is 1. The van der Waals surface area contributed by atoms with Gasteiger partial charge in [0.05, 0.1) is 10.7 Å². The van der Waals surface area contributed by atoms with Crippen LogP contribution in [0.15, 0.2) is 59.7 Å². The number of fused-ring (bicyclic) bond motifs is 1. The first-order chi connectivity index (χ1) is 13.4. The Bertz CT molecular complexity index is 991. The Balaban J connectivity index is 1.51. The average molecular weight is 399 g/mol. The molecule has 0 bridgehead atoms. The molecule has 28 heavy (non-hydrogen) atoms. The van der Waals surface area contributed by atoms with Gasteiger partial charge < -0.3 is 10.0 Å². The topological polar surface area (TPSA) is 60.9 Å². The van der Waals surface area contributed by atoms with Gasteiger partial charge in [0.25, 0.3) is 0 Å². The molecule has 148 valence electrons. The minimum absolute atomic E-state index is 0.111. The van der Waals surface area contributed by atoms with Crippen molar-refractivity contribution in [3.63, 3.8) is 0 Å². The molecule has 6 heteroatoms. The van der Waals surface area contributed by atoms with Crippen LogP contribution in [0.4, 0.5) is 5.69 Å². The number of benzene rings is 2. The fourth-order valence-corrected chi connectivity index (χ4v) is 5.64. The minimum atomic E-state index is -3.55. The Morgan fingerprint density at radius 1 is 1.07 bits per heavy atom. The van der Waals surface area contributed by atoms with Gasteiger partial charge >= 0.3 is 0 Å². The van der Waals surface area contributed by atoms with E-state index < -0.39 is 10.0 Å². The number of anilines is 1. The molecule has 1 atom stereocenters. The summed E-state index contributed by atoms with van der Waals surface area (Å²) in [5.41, 5.74) is 4.34. The zero-order valence-electron chi connectivity index (χ0n) is 16.1. The molecule has 4 rings (SSSR count). The van der Waals surface area contributed by atoms with Crippen LogP contribution in [0.1, 0.15) is 29.0 Å². The van der Waals surface area contributed by atoms with Gasteiger partial charge in [0.1, 0.15) is 0 Å². The van der Waals surface area contributed by atoms with E-state index >= 15 is 0 Å². The molecule has 5 nitrogen and oxygen atoms in total. The molecule has 2 aromatic rings. The Hall–Kier alpha value is -2.31.